The van der Waals surface area contributed by atoms with Gasteiger partial charge in [-0.25, -0.2) is 8.78 Å². The highest BCUT2D eigenvalue weighted by Gasteiger charge is 2.07. The Hall–Kier alpha value is -2.34. The monoisotopic (exact) mass is 311 g/mol. The summed E-state index contributed by atoms with van der Waals surface area (Å²) in [5, 5.41) is 14.5. The smallest absolute Gasteiger partial charge is 0.170 e. The summed E-state index contributed by atoms with van der Waals surface area (Å²) in [4.78, 5) is 0. The molecule has 0 aliphatic heterocycles. The van der Waals surface area contributed by atoms with Gasteiger partial charge in [0.05, 0.1) is 5.69 Å². The van der Waals surface area contributed by atoms with Crippen LogP contribution in [0.2, 0.25) is 5.02 Å². The molecule has 0 atom stereocenters. The van der Waals surface area contributed by atoms with Crippen molar-refractivity contribution in [1.82, 2.24) is 0 Å². The van der Waals surface area contributed by atoms with Gasteiger partial charge in [-0.2, -0.15) is 0 Å². The summed E-state index contributed by atoms with van der Waals surface area (Å²) in [7, 11) is 0. The molecule has 0 spiro atoms. The third kappa shape index (κ3) is 3.82. The van der Waals surface area contributed by atoms with E-state index in [1.54, 1.807) is 12.1 Å². The number of benzene rings is 2. The molecule has 4 nitrogen and oxygen atoms in total. The van der Waals surface area contributed by atoms with Gasteiger partial charge in [0.15, 0.2) is 5.84 Å². The molecule has 0 fully saturated rings. The van der Waals surface area contributed by atoms with Crippen LogP contribution in [-0.2, 0) is 6.54 Å². The number of amidine groups is 1. The molecule has 2 aromatic carbocycles. The summed E-state index contributed by atoms with van der Waals surface area (Å²) in [6.07, 6.45) is 0. The molecule has 0 aromatic heterocycles. The average Bonchev–Trinajstić information content (AvgIpc) is 2.45. The summed E-state index contributed by atoms with van der Waals surface area (Å²) in [6.45, 7) is 0.169. The summed E-state index contributed by atoms with van der Waals surface area (Å²) in [5.41, 5.74) is 6.42. The van der Waals surface area contributed by atoms with Crippen molar-refractivity contribution in [2.75, 3.05) is 5.32 Å². The third-order valence-electron chi connectivity index (χ3n) is 2.78. The fourth-order valence-corrected chi connectivity index (χ4v) is 1.95. The molecule has 7 heteroatoms. The van der Waals surface area contributed by atoms with Crippen molar-refractivity contribution in [3.63, 3.8) is 0 Å². The van der Waals surface area contributed by atoms with E-state index in [1.165, 1.54) is 18.2 Å². The van der Waals surface area contributed by atoms with Crippen molar-refractivity contribution in [3.8, 4) is 0 Å². The van der Waals surface area contributed by atoms with E-state index in [9.17, 15) is 8.78 Å². The number of anilines is 1. The summed E-state index contributed by atoms with van der Waals surface area (Å²) in [5.74, 6) is -1.24. The van der Waals surface area contributed by atoms with Crippen molar-refractivity contribution >= 4 is 23.1 Å². The fraction of sp³-hybridized carbons (Fsp3) is 0.0714. The molecule has 4 N–H and O–H groups in total. The lowest BCUT2D eigenvalue weighted by atomic mass is 10.1. The molecule has 0 unspecified atom stereocenters. The number of nitrogens with zero attached hydrogens (tertiary/aromatic N) is 1. The second-order valence-electron chi connectivity index (χ2n) is 4.31. The van der Waals surface area contributed by atoms with Gasteiger partial charge in [0.2, 0.25) is 0 Å². The molecule has 21 heavy (non-hydrogen) atoms. The summed E-state index contributed by atoms with van der Waals surface area (Å²) < 4.78 is 27.1. The first kappa shape index (κ1) is 15.1. The lowest BCUT2D eigenvalue weighted by molar-refractivity contribution is 0.318. The summed E-state index contributed by atoms with van der Waals surface area (Å²) >= 11 is 5.66. The Labute approximate surface area is 124 Å². The van der Waals surface area contributed by atoms with Crippen LogP contribution in [0.15, 0.2) is 41.6 Å². The average molecular weight is 312 g/mol. The third-order valence-corrected chi connectivity index (χ3v) is 3.01. The van der Waals surface area contributed by atoms with E-state index in [2.05, 4.69) is 10.5 Å². The van der Waals surface area contributed by atoms with Crippen molar-refractivity contribution < 1.29 is 14.0 Å². The topological polar surface area (TPSA) is 70.6 Å². The lowest BCUT2D eigenvalue weighted by Crippen LogP contribution is -2.14. The molecule has 0 aliphatic carbocycles. The lowest BCUT2D eigenvalue weighted by Gasteiger charge is -2.09. The highest BCUT2D eigenvalue weighted by atomic mass is 35.5. The Morgan fingerprint density at radius 3 is 2.67 bits per heavy atom. The van der Waals surface area contributed by atoms with E-state index in [0.29, 0.717) is 5.56 Å². The van der Waals surface area contributed by atoms with Crippen molar-refractivity contribution in [3.05, 3.63) is 64.2 Å². The SMILES string of the molecule is N/C(=N/O)c1cc(F)cc(CNc2ccc(Cl)cc2F)c1. The molecule has 0 radical (unpaired) electrons. The van der Waals surface area contributed by atoms with Crippen LogP contribution in [0.5, 0.6) is 0 Å². The second-order valence-corrected chi connectivity index (χ2v) is 4.75. The Balaban J connectivity index is 2.18. The minimum atomic E-state index is -0.535. The van der Waals surface area contributed by atoms with Crippen LogP contribution in [0, 0.1) is 11.6 Å². The minimum Gasteiger partial charge on any atom is -0.409 e. The van der Waals surface area contributed by atoms with Crippen LogP contribution >= 0.6 is 11.6 Å². The maximum absolute atomic E-state index is 13.6. The number of rotatable bonds is 4. The first-order valence-corrected chi connectivity index (χ1v) is 6.33. The van der Waals surface area contributed by atoms with E-state index >= 15 is 0 Å². The standard InChI is InChI=1S/C14H12ClF2N3O/c15-10-1-2-13(12(17)6-10)19-7-8-3-9(14(18)20-21)5-11(16)4-8/h1-6,19,21H,7H2,(H2,18,20). The Bertz CT molecular complexity index is 692. The molecule has 0 saturated heterocycles. The van der Waals surface area contributed by atoms with Gasteiger partial charge in [-0.1, -0.05) is 16.8 Å². The molecular formula is C14H12ClF2N3O. The molecule has 2 rings (SSSR count). The van der Waals surface area contributed by atoms with Crippen LogP contribution in [-0.4, -0.2) is 11.0 Å². The number of halogens is 3. The minimum absolute atomic E-state index is 0.169. The van der Waals surface area contributed by atoms with Crippen LogP contribution in [0.1, 0.15) is 11.1 Å². The number of nitrogens with one attached hydrogen (secondary N) is 1. The molecule has 0 amide bonds. The quantitative estimate of drug-likeness (QED) is 0.351. The van der Waals surface area contributed by atoms with Gasteiger partial charge in [0, 0.05) is 17.1 Å². The van der Waals surface area contributed by atoms with Crippen LogP contribution in [0.25, 0.3) is 0 Å². The highest BCUT2D eigenvalue weighted by molar-refractivity contribution is 6.30. The first-order chi connectivity index (χ1) is 9.99. The zero-order chi connectivity index (χ0) is 15.4. The zero-order valence-electron chi connectivity index (χ0n) is 10.8. The predicted octanol–water partition coefficient (Wildman–Crippen LogP) is 3.32. The molecule has 0 aliphatic rings. The van der Waals surface area contributed by atoms with Crippen molar-refractivity contribution in [2.45, 2.75) is 6.54 Å². The fourth-order valence-electron chi connectivity index (χ4n) is 1.79. The molecule has 0 heterocycles. The first-order valence-electron chi connectivity index (χ1n) is 5.96. The van der Waals surface area contributed by atoms with Gasteiger partial charge in [0.1, 0.15) is 11.6 Å². The largest absolute Gasteiger partial charge is 0.409 e. The Morgan fingerprint density at radius 1 is 1.24 bits per heavy atom. The van der Waals surface area contributed by atoms with Gasteiger partial charge in [-0.15, -0.1) is 0 Å². The number of oxime groups is 1. The van der Waals surface area contributed by atoms with E-state index in [0.717, 1.165) is 6.07 Å². The highest BCUT2D eigenvalue weighted by Crippen LogP contribution is 2.20. The molecular weight excluding hydrogens is 300 g/mol. The predicted molar refractivity (Wildman–Crippen MR) is 77.6 cm³/mol. The number of hydrogen-bond donors (Lipinski definition) is 3. The van der Waals surface area contributed by atoms with Crippen molar-refractivity contribution in [2.24, 2.45) is 10.9 Å². The van der Waals surface area contributed by atoms with E-state index in [1.807, 2.05) is 0 Å². The maximum Gasteiger partial charge on any atom is 0.170 e. The molecule has 110 valence electrons. The number of hydrogen-bond acceptors (Lipinski definition) is 3. The van der Waals surface area contributed by atoms with Gasteiger partial charge < -0.3 is 16.3 Å². The maximum atomic E-state index is 13.6. The van der Waals surface area contributed by atoms with E-state index in [4.69, 9.17) is 22.5 Å². The van der Waals surface area contributed by atoms with Gasteiger partial charge >= 0.3 is 0 Å². The van der Waals surface area contributed by atoms with Gasteiger partial charge in [0.25, 0.3) is 0 Å². The van der Waals surface area contributed by atoms with Crippen LogP contribution in [0.4, 0.5) is 14.5 Å². The van der Waals surface area contributed by atoms with E-state index < -0.39 is 11.6 Å². The second kappa shape index (κ2) is 6.41. The van der Waals surface area contributed by atoms with Crippen LogP contribution in [0.3, 0.4) is 0 Å². The molecule has 2 aromatic rings. The zero-order valence-corrected chi connectivity index (χ0v) is 11.5. The van der Waals surface area contributed by atoms with Crippen LogP contribution < -0.4 is 11.1 Å². The van der Waals surface area contributed by atoms with Gasteiger partial charge in [-0.3, -0.25) is 0 Å². The van der Waals surface area contributed by atoms with E-state index in [-0.39, 0.29) is 28.7 Å². The molecule has 0 bridgehead atoms. The summed E-state index contributed by atoms with van der Waals surface area (Å²) in [6, 6.07) is 8.16. The molecule has 0 saturated carbocycles. The number of nitrogens with two attached hydrogens (primary N) is 1. The van der Waals surface area contributed by atoms with Crippen molar-refractivity contribution in [1.29, 1.82) is 0 Å². The Morgan fingerprint density at radius 2 is 2.00 bits per heavy atom. The normalized spacial score (nSPS) is 11.5. The Kier molecular flexibility index (Phi) is 4.59. The van der Waals surface area contributed by atoms with Gasteiger partial charge in [-0.05, 0) is 42.0 Å².